The highest BCUT2D eigenvalue weighted by Crippen LogP contribution is 2.26. The van der Waals surface area contributed by atoms with Gasteiger partial charge in [0.2, 0.25) is 11.8 Å². The van der Waals surface area contributed by atoms with Crippen LogP contribution in [-0.2, 0) is 16.1 Å². The summed E-state index contributed by atoms with van der Waals surface area (Å²) in [5.74, 6) is 2.93. The number of aryl methyl sites for hydroxylation is 2. The first-order valence-corrected chi connectivity index (χ1v) is 10.5. The van der Waals surface area contributed by atoms with Gasteiger partial charge in [-0.3, -0.25) is 14.5 Å². The monoisotopic (exact) mass is 366 g/mol. The Balaban J connectivity index is 1.90. The molecule has 0 spiro atoms. The van der Waals surface area contributed by atoms with Crippen molar-refractivity contribution < 1.29 is 9.59 Å². The van der Waals surface area contributed by atoms with Crippen LogP contribution in [0.4, 0.5) is 5.82 Å². The molecule has 0 unspecified atom stereocenters. The second-order valence-electron chi connectivity index (χ2n) is 6.42. The summed E-state index contributed by atoms with van der Waals surface area (Å²) in [6.07, 6.45) is 4.42. The van der Waals surface area contributed by atoms with Crippen molar-refractivity contribution in [2.45, 2.75) is 65.5 Å². The number of hydrogen-bond acceptors (Lipinski definition) is 4. The van der Waals surface area contributed by atoms with E-state index in [4.69, 9.17) is 0 Å². The largest absolute Gasteiger partial charge is 0.354 e. The van der Waals surface area contributed by atoms with Crippen LogP contribution < -0.4 is 10.2 Å². The standard InChI is InChI=1S/C18H30N4O2S/c1-4-6-11-25-12-7-9-19-18(24)15(5-2)22-16-13-14(3)20-21(16)10-8-17(22)23/h13,15H,4-12H2,1-3H3,(H,19,24)/t15-/m0/s1. The number of unbranched alkanes of at least 4 members (excludes halogenated alkanes) is 1. The van der Waals surface area contributed by atoms with Crippen molar-refractivity contribution in [3.05, 3.63) is 11.8 Å². The fraction of sp³-hybridized carbons (Fsp3) is 0.722. The van der Waals surface area contributed by atoms with Gasteiger partial charge in [-0.25, -0.2) is 4.68 Å². The number of amides is 2. The maximum Gasteiger partial charge on any atom is 0.243 e. The van der Waals surface area contributed by atoms with Crippen LogP contribution in [0.3, 0.4) is 0 Å². The number of carbonyl (C=O) groups is 2. The Labute approximate surface area is 154 Å². The molecule has 1 aliphatic heterocycles. The molecular formula is C18H30N4O2S. The summed E-state index contributed by atoms with van der Waals surface area (Å²) in [4.78, 5) is 26.7. The van der Waals surface area contributed by atoms with Gasteiger partial charge in [0.15, 0.2) is 0 Å². The third-order valence-electron chi connectivity index (χ3n) is 4.34. The summed E-state index contributed by atoms with van der Waals surface area (Å²) in [5.41, 5.74) is 0.870. The van der Waals surface area contributed by atoms with Gasteiger partial charge in [0.25, 0.3) is 0 Å². The highest BCUT2D eigenvalue weighted by Gasteiger charge is 2.34. The lowest BCUT2D eigenvalue weighted by Gasteiger charge is -2.33. The Morgan fingerprint density at radius 2 is 2.12 bits per heavy atom. The van der Waals surface area contributed by atoms with E-state index in [1.807, 2.05) is 36.4 Å². The number of fused-ring (bicyclic) bond motifs is 1. The first-order chi connectivity index (χ1) is 12.1. The summed E-state index contributed by atoms with van der Waals surface area (Å²) < 4.78 is 1.83. The zero-order valence-electron chi connectivity index (χ0n) is 15.6. The van der Waals surface area contributed by atoms with E-state index >= 15 is 0 Å². The third-order valence-corrected chi connectivity index (χ3v) is 5.50. The van der Waals surface area contributed by atoms with Crippen LogP contribution in [0.2, 0.25) is 0 Å². The molecule has 0 aliphatic carbocycles. The summed E-state index contributed by atoms with van der Waals surface area (Å²) in [6.45, 7) is 7.30. The van der Waals surface area contributed by atoms with Crippen LogP contribution in [0.1, 0.15) is 51.6 Å². The molecule has 0 aromatic carbocycles. The molecule has 1 N–H and O–H groups in total. The third kappa shape index (κ3) is 5.23. The molecular weight excluding hydrogens is 336 g/mol. The van der Waals surface area contributed by atoms with Crippen molar-refractivity contribution in [3.8, 4) is 0 Å². The average Bonchev–Trinajstić information content (AvgIpc) is 2.97. The average molecular weight is 367 g/mol. The normalized spacial score (nSPS) is 15.2. The molecule has 1 aromatic heterocycles. The van der Waals surface area contributed by atoms with Crippen LogP contribution in [0.25, 0.3) is 0 Å². The van der Waals surface area contributed by atoms with Crippen LogP contribution in [-0.4, -0.2) is 45.7 Å². The zero-order valence-corrected chi connectivity index (χ0v) is 16.4. The second kappa shape index (κ2) is 9.85. The van der Waals surface area contributed by atoms with Gasteiger partial charge in [0, 0.05) is 19.0 Å². The van der Waals surface area contributed by atoms with Crippen molar-refractivity contribution in [2.75, 3.05) is 23.0 Å². The molecule has 0 saturated heterocycles. The summed E-state index contributed by atoms with van der Waals surface area (Å²) in [6, 6.07) is 1.42. The molecule has 2 heterocycles. The van der Waals surface area contributed by atoms with Crippen LogP contribution in [0.15, 0.2) is 6.07 Å². The number of aromatic nitrogens is 2. The van der Waals surface area contributed by atoms with Crippen LogP contribution in [0, 0.1) is 6.92 Å². The minimum absolute atomic E-state index is 0.00419. The summed E-state index contributed by atoms with van der Waals surface area (Å²) >= 11 is 1.94. The van der Waals surface area contributed by atoms with E-state index in [9.17, 15) is 9.59 Å². The zero-order chi connectivity index (χ0) is 18.2. The lowest BCUT2D eigenvalue weighted by molar-refractivity contribution is -0.127. The van der Waals surface area contributed by atoms with Gasteiger partial charge in [0.05, 0.1) is 12.2 Å². The minimum Gasteiger partial charge on any atom is -0.354 e. The molecule has 0 fully saturated rings. The molecule has 1 aromatic rings. The predicted octanol–water partition coefficient (Wildman–Crippen LogP) is 2.75. The first kappa shape index (κ1) is 19.8. The Bertz CT molecular complexity index is 588. The van der Waals surface area contributed by atoms with Crippen molar-refractivity contribution in [1.29, 1.82) is 0 Å². The Kier molecular flexibility index (Phi) is 7.81. The molecule has 0 saturated carbocycles. The number of anilines is 1. The van der Waals surface area contributed by atoms with Crippen molar-refractivity contribution in [1.82, 2.24) is 15.1 Å². The van der Waals surface area contributed by atoms with Gasteiger partial charge >= 0.3 is 0 Å². The van der Waals surface area contributed by atoms with E-state index in [0.29, 0.717) is 25.9 Å². The summed E-state index contributed by atoms with van der Waals surface area (Å²) in [5, 5.41) is 7.42. The number of carbonyl (C=O) groups excluding carboxylic acids is 2. The van der Waals surface area contributed by atoms with Crippen LogP contribution >= 0.6 is 11.8 Å². The van der Waals surface area contributed by atoms with Gasteiger partial charge in [-0.15, -0.1) is 0 Å². The van der Waals surface area contributed by atoms with E-state index < -0.39 is 6.04 Å². The minimum atomic E-state index is -0.463. The van der Waals surface area contributed by atoms with Crippen LogP contribution in [0.5, 0.6) is 0 Å². The maximum atomic E-state index is 12.6. The van der Waals surface area contributed by atoms with E-state index in [1.165, 1.54) is 18.6 Å². The highest BCUT2D eigenvalue weighted by atomic mass is 32.2. The maximum absolute atomic E-state index is 12.6. The van der Waals surface area contributed by atoms with E-state index in [1.54, 1.807) is 4.90 Å². The number of nitrogens with one attached hydrogen (secondary N) is 1. The SMILES string of the molecule is CCCCSCCCNC(=O)[C@H](CC)N1C(=O)CCn2nc(C)cc21. The number of hydrogen-bond donors (Lipinski definition) is 1. The summed E-state index contributed by atoms with van der Waals surface area (Å²) in [7, 11) is 0. The Morgan fingerprint density at radius 1 is 1.36 bits per heavy atom. The quantitative estimate of drug-likeness (QED) is 0.647. The van der Waals surface area contributed by atoms with E-state index in [0.717, 1.165) is 23.7 Å². The van der Waals surface area contributed by atoms with E-state index in [2.05, 4.69) is 17.3 Å². The predicted molar refractivity (Wildman–Crippen MR) is 103 cm³/mol. The van der Waals surface area contributed by atoms with Crippen molar-refractivity contribution >= 4 is 29.4 Å². The first-order valence-electron chi connectivity index (χ1n) is 9.30. The highest BCUT2D eigenvalue weighted by molar-refractivity contribution is 7.99. The molecule has 6 nitrogen and oxygen atoms in total. The second-order valence-corrected chi connectivity index (χ2v) is 7.64. The van der Waals surface area contributed by atoms with Gasteiger partial charge in [-0.1, -0.05) is 20.3 Å². The van der Waals surface area contributed by atoms with Crippen molar-refractivity contribution in [2.24, 2.45) is 0 Å². The molecule has 7 heteroatoms. The van der Waals surface area contributed by atoms with E-state index in [-0.39, 0.29) is 11.8 Å². The molecule has 0 radical (unpaired) electrons. The Hall–Kier alpha value is -1.50. The molecule has 0 bridgehead atoms. The number of thioether (sulfide) groups is 1. The number of rotatable bonds is 10. The fourth-order valence-electron chi connectivity index (χ4n) is 3.01. The lowest BCUT2D eigenvalue weighted by Crippen LogP contribution is -2.52. The molecule has 2 rings (SSSR count). The fourth-order valence-corrected chi connectivity index (χ4v) is 4.06. The molecule has 25 heavy (non-hydrogen) atoms. The lowest BCUT2D eigenvalue weighted by atomic mass is 10.1. The van der Waals surface area contributed by atoms with Gasteiger partial charge in [-0.05, 0) is 37.7 Å². The number of nitrogens with zero attached hydrogens (tertiary/aromatic N) is 3. The molecule has 1 aliphatic rings. The molecule has 1 atom stereocenters. The topological polar surface area (TPSA) is 67.2 Å². The Morgan fingerprint density at radius 3 is 2.84 bits per heavy atom. The molecule has 2 amide bonds. The van der Waals surface area contributed by atoms with Gasteiger partial charge in [0.1, 0.15) is 11.9 Å². The smallest absolute Gasteiger partial charge is 0.243 e. The van der Waals surface area contributed by atoms with Gasteiger partial charge in [-0.2, -0.15) is 16.9 Å². The molecule has 140 valence electrons. The van der Waals surface area contributed by atoms with Crippen molar-refractivity contribution in [3.63, 3.8) is 0 Å². The van der Waals surface area contributed by atoms with Gasteiger partial charge < -0.3 is 5.32 Å².